The zero-order chi connectivity index (χ0) is 12.7. The molecule has 0 bridgehead atoms. The van der Waals surface area contributed by atoms with Crippen LogP contribution in [0.15, 0.2) is 38.9 Å². The molecule has 0 unspecified atom stereocenters. The number of halogens is 2. The van der Waals surface area contributed by atoms with Crippen molar-refractivity contribution >= 4 is 49.8 Å². The second-order valence-electron chi connectivity index (χ2n) is 3.71. The van der Waals surface area contributed by atoms with Crippen LogP contribution >= 0.6 is 38.9 Å². The molecule has 0 aliphatic heterocycles. The van der Waals surface area contributed by atoms with Crippen molar-refractivity contribution in [3.63, 3.8) is 0 Å². The minimum atomic E-state index is -0.179. The average Bonchev–Trinajstić information content (AvgIpc) is 2.77. The molecule has 18 heavy (non-hydrogen) atoms. The lowest BCUT2D eigenvalue weighted by molar-refractivity contribution is 1.19. The Morgan fingerprint density at radius 2 is 2.17 bits per heavy atom. The van der Waals surface area contributed by atoms with Crippen molar-refractivity contribution in [2.24, 2.45) is 0 Å². The Morgan fingerprint density at radius 3 is 2.89 bits per heavy atom. The van der Waals surface area contributed by atoms with E-state index in [2.05, 4.69) is 25.9 Å². The van der Waals surface area contributed by atoms with Crippen molar-refractivity contribution in [1.82, 2.24) is 9.97 Å². The third kappa shape index (κ3) is 2.09. The maximum absolute atomic E-state index is 12.0. The second-order valence-corrected chi connectivity index (χ2v) is 5.97. The summed E-state index contributed by atoms with van der Waals surface area (Å²) < 4.78 is 0.973. The van der Waals surface area contributed by atoms with Gasteiger partial charge in [0.15, 0.2) is 5.82 Å². The number of H-pyrrole nitrogens is 1. The molecule has 0 fully saturated rings. The molecule has 2 aromatic heterocycles. The lowest BCUT2D eigenvalue weighted by atomic mass is 10.2. The molecule has 90 valence electrons. The Labute approximate surface area is 120 Å². The van der Waals surface area contributed by atoms with Crippen LogP contribution in [0.5, 0.6) is 0 Å². The van der Waals surface area contributed by atoms with Gasteiger partial charge in [-0.25, -0.2) is 4.98 Å². The molecular weight excluding hydrogens is 336 g/mol. The summed E-state index contributed by atoms with van der Waals surface area (Å²) in [5.74, 6) is 0.575. The Bertz CT molecular complexity index is 796. The van der Waals surface area contributed by atoms with Gasteiger partial charge in [0.1, 0.15) is 0 Å². The summed E-state index contributed by atoms with van der Waals surface area (Å²) in [6, 6.07) is 7.02. The van der Waals surface area contributed by atoms with E-state index in [0.29, 0.717) is 21.7 Å². The van der Waals surface area contributed by atoms with Crippen LogP contribution in [0.3, 0.4) is 0 Å². The zero-order valence-corrected chi connectivity index (χ0v) is 12.1. The van der Waals surface area contributed by atoms with Crippen LogP contribution in [-0.2, 0) is 0 Å². The largest absolute Gasteiger partial charge is 0.305 e. The van der Waals surface area contributed by atoms with E-state index in [1.165, 1.54) is 11.3 Å². The summed E-state index contributed by atoms with van der Waals surface area (Å²) >= 11 is 10.8. The van der Waals surface area contributed by atoms with Gasteiger partial charge in [0.05, 0.1) is 15.8 Å². The van der Waals surface area contributed by atoms with Crippen molar-refractivity contribution in [1.29, 1.82) is 0 Å². The minimum Gasteiger partial charge on any atom is -0.305 e. The fourth-order valence-corrected chi connectivity index (χ4v) is 3.21. The van der Waals surface area contributed by atoms with Crippen molar-refractivity contribution in [3.8, 4) is 10.7 Å². The fraction of sp³-hybridized carbons (Fsp3) is 0. The molecule has 6 heteroatoms. The number of nitrogens with one attached hydrogen (secondary N) is 1. The van der Waals surface area contributed by atoms with Gasteiger partial charge in [0.2, 0.25) is 0 Å². The van der Waals surface area contributed by atoms with Crippen LogP contribution in [0.4, 0.5) is 0 Å². The van der Waals surface area contributed by atoms with Gasteiger partial charge in [-0.05, 0) is 40.2 Å². The van der Waals surface area contributed by atoms with E-state index in [-0.39, 0.29) is 5.56 Å². The number of hydrogen-bond donors (Lipinski definition) is 1. The first-order valence-electron chi connectivity index (χ1n) is 5.07. The summed E-state index contributed by atoms with van der Waals surface area (Å²) in [7, 11) is 0. The predicted molar refractivity (Wildman–Crippen MR) is 78.4 cm³/mol. The van der Waals surface area contributed by atoms with Crippen LogP contribution in [0, 0.1) is 0 Å². The second kappa shape index (κ2) is 4.50. The van der Waals surface area contributed by atoms with E-state index < -0.39 is 0 Å². The molecule has 0 radical (unpaired) electrons. The average molecular weight is 342 g/mol. The minimum absolute atomic E-state index is 0.179. The highest BCUT2D eigenvalue weighted by molar-refractivity contribution is 9.10. The Morgan fingerprint density at radius 1 is 1.33 bits per heavy atom. The summed E-state index contributed by atoms with van der Waals surface area (Å²) in [6.45, 7) is 0. The van der Waals surface area contributed by atoms with E-state index in [1.54, 1.807) is 18.2 Å². The van der Waals surface area contributed by atoms with Crippen LogP contribution in [0.25, 0.3) is 21.6 Å². The summed E-state index contributed by atoms with van der Waals surface area (Å²) in [5.41, 5.74) is 0.463. The molecule has 3 nitrogen and oxygen atoms in total. The molecule has 1 aromatic carbocycles. The standard InChI is InChI=1S/C12H6BrClN2OS/c13-6-3-10(18-5-6)11-15-9-2-1-7(14)4-8(9)12(17)16-11/h1-5H,(H,15,16,17). The van der Waals surface area contributed by atoms with Crippen LogP contribution in [0.1, 0.15) is 0 Å². The molecule has 0 saturated carbocycles. The van der Waals surface area contributed by atoms with Crippen molar-refractivity contribution < 1.29 is 0 Å². The first-order valence-corrected chi connectivity index (χ1v) is 7.12. The van der Waals surface area contributed by atoms with Gasteiger partial charge < -0.3 is 4.98 Å². The van der Waals surface area contributed by atoms with E-state index in [4.69, 9.17) is 11.6 Å². The van der Waals surface area contributed by atoms with Gasteiger partial charge in [-0.15, -0.1) is 11.3 Å². The highest BCUT2D eigenvalue weighted by Crippen LogP contribution is 2.27. The van der Waals surface area contributed by atoms with Gasteiger partial charge in [0.25, 0.3) is 5.56 Å². The number of fused-ring (bicyclic) bond motifs is 1. The van der Waals surface area contributed by atoms with Crippen LogP contribution in [-0.4, -0.2) is 9.97 Å². The summed E-state index contributed by atoms with van der Waals surface area (Å²) in [6.07, 6.45) is 0. The molecule has 0 spiro atoms. The molecule has 0 saturated heterocycles. The van der Waals surface area contributed by atoms with Gasteiger partial charge >= 0.3 is 0 Å². The number of benzene rings is 1. The van der Waals surface area contributed by atoms with Gasteiger partial charge in [0, 0.05) is 14.9 Å². The fourth-order valence-electron chi connectivity index (χ4n) is 1.66. The lowest BCUT2D eigenvalue weighted by Crippen LogP contribution is -2.08. The number of aromatic nitrogens is 2. The molecule has 2 heterocycles. The Balaban J connectivity index is 2.28. The van der Waals surface area contributed by atoms with Crippen molar-refractivity contribution in [2.45, 2.75) is 0 Å². The highest BCUT2D eigenvalue weighted by atomic mass is 79.9. The maximum Gasteiger partial charge on any atom is 0.259 e. The first kappa shape index (κ1) is 11.9. The molecule has 0 atom stereocenters. The number of hydrogen-bond acceptors (Lipinski definition) is 3. The maximum atomic E-state index is 12.0. The molecule has 0 aliphatic carbocycles. The van der Waals surface area contributed by atoms with Crippen LogP contribution < -0.4 is 5.56 Å². The number of rotatable bonds is 1. The first-order chi connectivity index (χ1) is 8.63. The third-order valence-electron chi connectivity index (χ3n) is 2.47. The van der Waals surface area contributed by atoms with Gasteiger partial charge in [-0.1, -0.05) is 11.6 Å². The number of thiophene rings is 1. The molecule has 1 N–H and O–H groups in total. The SMILES string of the molecule is O=c1[nH]c(-c2cc(Br)cs2)nc2ccc(Cl)cc12. The lowest BCUT2D eigenvalue weighted by Gasteiger charge is -2.01. The number of nitrogens with zero attached hydrogens (tertiary/aromatic N) is 1. The van der Waals surface area contributed by atoms with Crippen molar-refractivity contribution in [2.75, 3.05) is 0 Å². The monoisotopic (exact) mass is 340 g/mol. The molecule has 0 amide bonds. The van der Waals surface area contributed by atoms with E-state index in [0.717, 1.165) is 9.35 Å². The van der Waals surface area contributed by atoms with E-state index in [1.807, 2.05) is 11.4 Å². The zero-order valence-electron chi connectivity index (χ0n) is 8.91. The van der Waals surface area contributed by atoms with Gasteiger partial charge in [-0.3, -0.25) is 4.79 Å². The normalized spacial score (nSPS) is 11.0. The highest BCUT2D eigenvalue weighted by Gasteiger charge is 2.08. The smallest absolute Gasteiger partial charge is 0.259 e. The van der Waals surface area contributed by atoms with E-state index >= 15 is 0 Å². The molecule has 0 aliphatic rings. The molecule has 3 aromatic rings. The Hall–Kier alpha value is -1.17. The molecule has 3 rings (SSSR count). The predicted octanol–water partition coefficient (Wildman–Crippen LogP) is 4.07. The summed E-state index contributed by atoms with van der Waals surface area (Å²) in [4.78, 5) is 20.1. The Kier molecular flexibility index (Phi) is 2.97. The van der Waals surface area contributed by atoms with E-state index in [9.17, 15) is 4.79 Å². The quantitative estimate of drug-likeness (QED) is 0.725. The third-order valence-corrected chi connectivity index (χ3v) is 4.40. The number of aromatic amines is 1. The van der Waals surface area contributed by atoms with Crippen molar-refractivity contribution in [3.05, 3.63) is 49.5 Å². The molecular formula is C12H6BrClN2OS. The topological polar surface area (TPSA) is 45.8 Å². The summed E-state index contributed by atoms with van der Waals surface area (Å²) in [5, 5.41) is 2.98. The van der Waals surface area contributed by atoms with Gasteiger partial charge in [-0.2, -0.15) is 0 Å². The van der Waals surface area contributed by atoms with Crippen LogP contribution in [0.2, 0.25) is 5.02 Å².